The number of hydrogen-bond donors (Lipinski definition) is 0. The van der Waals surface area contributed by atoms with Crippen LogP contribution in [-0.2, 0) is 27.5 Å². The lowest BCUT2D eigenvalue weighted by Crippen LogP contribution is -2.50. The number of methoxy groups -OCH3 is 2. The van der Waals surface area contributed by atoms with Gasteiger partial charge in [0.25, 0.3) is 0 Å². The van der Waals surface area contributed by atoms with Gasteiger partial charge in [-0.15, -0.1) is 0 Å². The molecule has 0 aliphatic rings. The van der Waals surface area contributed by atoms with Gasteiger partial charge < -0.3 is 19.3 Å². The van der Waals surface area contributed by atoms with Crippen molar-refractivity contribution in [3.63, 3.8) is 0 Å². The molecule has 172 valence electrons. The normalized spacial score (nSPS) is 10.8. The summed E-state index contributed by atoms with van der Waals surface area (Å²) >= 11 is 0. The summed E-state index contributed by atoms with van der Waals surface area (Å²) in [6.07, 6.45) is 0. The molecule has 0 radical (unpaired) electrons. The molecule has 0 saturated heterocycles. The Labute approximate surface area is 189 Å². The van der Waals surface area contributed by atoms with Crippen LogP contribution in [0.1, 0.15) is 38.8 Å². The molecule has 2 aromatic rings. The highest BCUT2D eigenvalue weighted by Gasteiger charge is 2.34. The molecule has 0 N–H and O–H groups in total. The van der Waals surface area contributed by atoms with Gasteiger partial charge in [-0.1, -0.05) is 24.3 Å². The van der Waals surface area contributed by atoms with Gasteiger partial charge in [0, 0.05) is 25.2 Å². The van der Waals surface area contributed by atoms with Gasteiger partial charge in [-0.05, 0) is 63.1 Å². The third-order valence-electron chi connectivity index (χ3n) is 5.09. The number of carbonyl (C=O) groups is 3. The van der Waals surface area contributed by atoms with Crippen LogP contribution in [0.25, 0.3) is 0 Å². The Bertz CT molecular complexity index is 863. The molecule has 32 heavy (non-hydrogen) atoms. The fraction of sp³-hybridized carbons (Fsp3) is 0.400. The minimum Gasteiger partial charge on any atom is -0.497 e. The van der Waals surface area contributed by atoms with E-state index in [-0.39, 0.29) is 25.2 Å². The summed E-state index contributed by atoms with van der Waals surface area (Å²) in [4.78, 5) is 41.7. The van der Waals surface area contributed by atoms with E-state index in [4.69, 9.17) is 9.47 Å². The van der Waals surface area contributed by atoms with Crippen LogP contribution < -0.4 is 9.47 Å². The van der Waals surface area contributed by atoms with Crippen molar-refractivity contribution in [1.82, 2.24) is 9.80 Å². The zero-order chi connectivity index (χ0) is 23.8. The van der Waals surface area contributed by atoms with Crippen LogP contribution >= 0.6 is 0 Å². The van der Waals surface area contributed by atoms with Gasteiger partial charge in [0.2, 0.25) is 0 Å². The van der Waals surface area contributed by atoms with Crippen molar-refractivity contribution in [3.8, 4) is 11.5 Å². The highest BCUT2D eigenvalue weighted by atomic mass is 16.5. The number of ether oxygens (including phenoxy) is 2. The highest BCUT2D eigenvalue weighted by Crippen LogP contribution is 2.18. The molecule has 0 spiro atoms. The predicted molar refractivity (Wildman–Crippen MR) is 122 cm³/mol. The van der Waals surface area contributed by atoms with Gasteiger partial charge in [0.05, 0.1) is 14.2 Å². The Hall–Kier alpha value is -3.35. The van der Waals surface area contributed by atoms with Crippen molar-refractivity contribution >= 4 is 17.6 Å². The summed E-state index contributed by atoms with van der Waals surface area (Å²) in [5.74, 6) is -1.26. The molecule has 2 rings (SSSR count). The summed E-state index contributed by atoms with van der Waals surface area (Å²) in [7, 11) is 3.15. The molecule has 0 fully saturated rings. The second kappa shape index (κ2) is 11.3. The number of nitrogens with zero attached hydrogens (tertiary/aromatic N) is 2. The van der Waals surface area contributed by atoms with Gasteiger partial charge in [0.1, 0.15) is 11.5 Å². The maximum absolute atomic E-state index is 13.2. The van der Waals surface area contributed by atoms with E-state index in [1.807, 2.05) is 52.0 Å². The molecule has 0 bridgehead atoms. The first-order chi connectivity index (χ1) is 15.2. The summed E-state index contributed by atoms with van der Waals surface area (Å²) in [6.45, 7) is 7.64. The minimum atomic E-state index is -1.03. The smallest absolute Gasteiger partial charge is 0.307 e. The molecular formula is C25H32N2O5. The first kappa shape index (κ1) is 24.9. The van der Waals surface area contributed by atoms with Crippen LogP contribution in [0.2, 0.25) is 0 Å². The number of hydrogen-bond acceptors (Lipinski definition) is 5. The quantitative estimate of drug-likeness (QED) is 0.418. The van der Waals surface area contributed by atoms with E-state index >= 15 is 0 Å². The fourth-order valence-electron chi connectivity index (χ4n) is 3.52. The number of benzene rings is 2. The lowest BCUT2D eigenvalue weighted by molar-refractivity contribution is -0.155. The van der Waals surface area contributed by atoms with Crippen LogP contribution in [0.3, 0.4) is 0 Å². The van der Waals surface area contributed by atoms with Crippen LogP contribution in [0.4, 0.5) is 0 Å². The number of Topliss-reactive ketones (excluding diaryl/α,β-unsaturated/α-hetero) is 1. The largest absolute Gasteiger partial charge is 0.497 e. The standard InChI is InChI=1S/C25H32N2O5/c1-17(2)27(18(3)4)25(30)23(28)24(29)26(15-19-7-11-21(31-5)12-8-19)16-20-9-13-22(32-6)14-10-20/h7-14,17-18H,15-16H2,1-6H3. The molecule has 0 saturated carbocycles. The summed E-state index contributed by atoms with van der Waals surface area (Å²) in [5, 5.41) is 0. The van der Waals surface area contributed by atoms with E-state index < -0.39 is 17.6 Å². The second-order valence-corrected chi connectivity index (χ2v) is 8.09. The molecule has 2 aromatic carbocycles. The van der Waals surface area contributed by atoms with Gasteiger partial charge in [-0.2, -0.15) is 0 Å². The molecule has 2 amide bonds. The average Bonchev–Trinajstić information content (AvgIpc) is 2.78. The zero-order valence-corrected chi connectivity index (χ0v) is 19.6. The summed E-state index contributed by atoms with van der Waals surface area (Å²) in [6, 6.07) is 14.1. The van der Waals surface area contributed by atoms with E-state index in [2.05, 4.69) is 0 Å². The lowest BCUT2D eigenvalue weighted by atomic mass is 10.1. The maximum atomic E-state index is 13.2. The summed E-state index contributed by atoms with van der Waals surface area (Å²) in [5.41, 5.74) is 1.63. The van der Waals surface area contributed by atoms with Crippen molar-refractivity contribution in [2.24, 2.45) is 0 Å². The Morgan fingerprint density at radius 2 is 1.06 bits per heavy atom. The number of amides is 2. The Morgan fingerprint density at radius 3 is 1.38 bits per heavy atom. The van der Waals surface area contributed by atoms with Gasteiger partial charge in [-0.3, -0.25) is 14.4 Å². The molecule has 0 heterocycles. The van der Waals surface area contributed by atoms with Crippen molar-refractivity contribution in [1.29, 1.82) is 0 Å². The third-order valence-corrected chi connectivity index (χ3v) is 5.09. The average molecular weight is 441 g/mol. The maximum Gasteiger partial charge on any atom is 0.307 e. The minimum absolute atomic E-state index is 0.178. The van der Waals surface area contributed by atoms with Crippen LogP contribution in [0.15, 0.2) is 48.5 Å². The molecule has 0 aromatic heterocycles. The second-order valence-electron chi connectivity index (χ2n) is 8.09. The monoisotopic (exact) mass is 440 g/mol. The van der Waals surface area contributed by atoms with Gasteiger partial charge >= 0.3 is 17.6 Å². The third kappa shape index (κ3) is 6.33. The van der Waals surface area contributed by atoms with Crippen LogP contribution in [0, 0.1) is 0 Å². The van der Waals surface area contributed by atoms with E-state index in [0.717, 1.165) is 11.1 Å². The molecule has 7 nitrogen and oxygen atoms in total. The molecule has 0 atom stereocenters. The van der Waals surface area contributed by atoms with Gasteiger partial charge in [0.15, 0.2) is 0 Å². The molecule has 7 heteroatoms. The Morgan fingerprint density at radius 1 is 0.688 bits per heavy atom. The zero-order valence-electron chi connectivity index (χ0n) is 19.6. The molecule has 0 aliphatic carbocycles. The molecule has 0 unspecified atom stereocenters. The number of rotatable bonds is 10. The van der Waals surface area contributed by atoms with Gasteiger partial charge in [-0.25, -0.2) is 0 Å². The number of ketones is 1. The summed E-state index contributed by atoms with van der Waals surface area (Å²) < 4.78 is 10.4. The van der Waals surface area contributed by atoms with Crippen LogP contribution in [0.5, 0.6) is 11.5 Å². The van der Waals surface area contributed by atoms with E-state index in [1.54, 1.807) is 38.5 Å². The van der Waals surface area contributed by atoms with Crippen molar-refractivity contribution in [3.05, 3.63) is 59.7 Å². The highest BCUT2D eigenvalue weighted by molar-refractivity contribution is 6.62. The Kier molecular flexibility index (Phi) is 8.81. The van der Waals surface area contributed by atoms with Crippen molar-refractivity contribution < 1.29 is 23.9 Å². The lowest BCUT2D eigenvalue weighted by Gasteiger charge is -2.30. The topological polar surface area (TPSA) is 76.1 Å². The number of carbonyl (C=O) groups excluding carboxylic acids is 3. The molecule has 0 aliphatic heterocycles. The van der Waals surface area contributed by atoms with Crippen molar-refractivity contribution in [2.75, 3.05) is 14.2 Å². The van der Waals surface area contributed by atoms with Crippen molar-refractivity contribution in [2.45, 2.75) is 52.9 Å². The van der Waals surface area contributed by atoms with E-state index in [0.29, 0.717) is 11.5 Å². The predicted octanol–water partition coefficient (Wildman–Crippen LogP) is 3.45. The first-order valence-corrected chi connectivity index (χ1v) is 10.6. The van der Waals surface area contributed by atoms with E-state index in [9.17, 15) is 14.4 Å². The Balaban J connectivity index is 2.30. The fourth-order valence-corrected chi connectivity index (χ4v) is 3.52. The van der Waals surface area contributed by atoms with E-state index in [1.165, 1.54) is 9.80 Å². The first-order valence-electron chi connectivity index (χ1n) is 10.6. The van der Waals surface area contributed by atoms with Crippen LogP contribution in [-0.4, -0.2) is 53.7 Å². The molecular weight excluding hydrogens is 408 g/mol. The SMILES string of the molecule is COc1ccc(CN(Cc2ccc(OC)cc2)C(=O)C(=O)C(=O)N(C(C)C)C(C)C)cc1.